The molecule has 0 heterocycles. The first-order valence-electron chi connectivity index (χ1n) is 10.6. The van der Waals surface area contributed by atoms with Crippen LogP contribution in [0.3, 0.4) is 0 Å². The average Bonchev–Trinajstić information content (AvgIpc) is 2.82. The minimum Gasteiger partial charge on any atom is -0.447 e. The number of imide groups is 1. The first-order valence-corrected chi connectivity index (χ1v) is 12.1. The van der Waals surface area contributed by atoms with Crippen molar-refractivity contribution in [1.82, 2.24) is 15.4 Å². The van der Waals surface area contributed by atoms with Crippen molar-refractivity contribution >= 4 is 38.7 Å². The fourth-order valence-electron chi connectivity index (χ4n) is 3.18. The number of fused-ring (bicyclic) bond motifs is 1. The van der Waals surface area contributed by atoms with Crippen LogP contribution in [0.15, 0.2) is 77.7 Å². The summed E-state index contributed by atoms with van der Waals surface area (Å²) in [6.45, 7) is 1.78. The summed E-state index contributed by atoms with van der Waals surface area (Å²) in [5.74, 6) is -1.62. The van der Waals surface area contributed by atoms with E-state index in [0.29, 0.717) is 12.1 Å². The monoisotopic (exact) mass is 483 g/mol. The number of carbonyl (C=O) groups excluding carboxylic acids is 3. The highest BCUT2D eigenvalue weighted by Crippen LogP contribution is 2.20. The number of esters is 1. The van der Waals surface area contributed by atoms with Crippen LogP contribution in [-0.2, 0) is 24.3 Å². The van der Waals surface area contributed by atoms with Crippen molar-refractivity contribution < 1.29 is 27.5 Å². The Hall–Kier alpha value is -3.76. The maximum absolute atomic E-state index is 12.6. The van der Waals surface area contributed by atoms with Gasteiger partial charge in [-0.2, -0.15) is 0 Å². The van der Waals surface area contributed by atoms with Crippen LogP contribution in [0.1, 0.15) is 25.0 Å². The highest BCUT2D eigenvalue weighted by molar-refractivity contribution is 7.89. The Morgan fingerprint density at radius 2 is 1.59 bits per heavy atom. The van der Waals surface area contributed by atoms with Gasteiger partial charge in [-0.05, 0) is 29.8 Å². The lowest BCUT2D eigenvalue weighted by Crippen LogP contribution is -2.42. The number of urea groups is 1. The molecule has 0 aliphatic heterocycles. The van der Waals surface area contributed by atoms with E-state index in [4.69, 9.17) is 4.74 Å². The molecule has 1 atom stereocenters. The summed E-state index contributed by atoms with van der Waals surface area (Å²) in [5.41, 5.74) is 0.370. The summed E-state index contributed by atoms with van der Waals surface area (Å²) in [6, 6.07) is 19.6. The zero-order valence-corrected chi connectivity index (χ0v) is 19.3. The predicted molar refractivity (Wildman–Crippen MR) is 126 cm³/mol. The molecule has 0 saturated heterocycles. The highest BCUT2D eigenvalue weighted by Gasteiger charge is 2.26. The van der Waals surface area contributed by atoms with Crippen LogP contribution in [0, 0.1) is 0 Å². The summed E-state index contributed by atoms with van der Waals surface area (Å²) < 4.78 is 32.9. The van der Waals surface area contributed by atoms with Gasteiger partial charge in [0.25, 0.3) is 5.91 Å². The van der Waals surface area contributed by atoms with Gasteiger partial charge in [-0.15, -0.1) is 0 Å². The van der Waals surface area contributed by atoms with Gasteiger partial charge < -0.3 is 10.1 Å². The molecule has 0 fully saturated rings. The lowest BCUT2D eigenvalue weighted by molar-refractivity contribution is -0.156. The molecule has 0 aromatic heterocycles. The Balaban J connectivity index is 1.62. The fourth-order valence-corrected chi connectivity index (χ4v) is 4.25. The number of benzene rings is 3. The molecule has 0 saturated carbocycles. The fraction of sp³-hybridized carbons (Fsp3) is 0.208. The van der Waals surface area contributed by atoms with Gasteiger partial charge in [-0.3, -0.25) is 14.9 Å². The normalized spacial score (nSPS) is 12.0. The third kappa shape index (κ3) is 6.63. The van der Waals surface area contributed by atoms with Gasteiger partial charge in [0.1, 0.15) is 0 Å². The number of carbonyl (C=O) groups is 3. The second-order valence-electron chi connectivity index (χ2n) is 7.29. The summed E-state index contributed by atoms with van der Waals surface area (Å²) >= 11 is 0. The van der Waals surface area contributed by atoms with Gasteiger partial charge in [-0.25, -0.2) is 17.9 Å². The van der Waals surface area contributed by atoms with Crippen LogP contribution in [0.2, 0.25) is 0 Å². The third-order valence-electron chi connectivity index (χ3n) is 4.82. The smallest absolute Gasteiger partial charge is 0.321 e. The van der Waals surface area contributed by atoms with Crippen molar-refractivity contribution in [3.63, 3.8) is 0 Å². The van der Waals surface area contributed by atoms with Crippen LogP contribution >= 0.6 is 0 Å². The second kappa shape index (κ2) is 11.4. The number of nitrogens with one attached hydrogen (secondary N) is 3. The molecule has 9 nitrogen and oxygen atoms in total. The Labute approximate surface area is 197 Å². The summed E-state index contributed by atoms with van der Waals surface area (Å²) in [4.78, 5) is 36.7. The Morgan fingerprint density at radius 3 is 2.29 bits per heavy atom. The van der Waals surface area contributed by atoms with Gasteiger partial charge in [-0.1, -0.05) is 60.7 Å². The zero-order valence-electron chi connectivity index (χ0n) is 18.5. The third-order valence-corrected chi connectivity index (χ3v) is 6.27. The number of rotatable bonds is 9. The van der Waals surface area contributed by atoms with Gasteiger partial charge >= 0.3 is 12.0 Å². The zero-order chi connectivity index (χ0) is 24.6. The first-order chi connectivity index (χ1) is 16.3. The molecule has 10 heteroatoms. The maximum Gasteiger partial charge on any atom is 0.321 e. The highest BCUT2D eigenvalue weighted by atomic mass is 32.2. The summed E-state index contributed by atoms with van der Waals surface area (Å²) in [7, 11) is -3.86. The predicted octanol–water partition coefficient (Wildman–Crippen LogP) is 2.64. The van der Waals surface area contributed by atoms with E-state index in [1.54, 1.807) is 55.5 Å². The van der Waals surface area contributed by atoms with E-state index in [9.17, 15) is 22.8 Å². The van der Waals surface area contributed by atoms with E-state index < -0.39 is 34.0 Å². The van der Waals surface area contributed by atoms with Crippen molar-refractivity contribution in [2.24, 2.45) is 0 Å². The molecule has 0 bridgehead atoms. The van der Waals surface area contributed by atoms with Gasteiger partial charge in [0, 0.05) is 18.7 Å². The SMILES string of the molecule is CCNC(=O)NC(=O)C(OC(=O)CCNS(=O)(=O)c1ccc2ccccc2c1)c1ccccc1. The summed E-state index contributed by atoms with van der Waals surface area (Å²) in [5, 5.41) is 6.23. The second-order valence-corrected chi connectivity index (χ2v) is 9.05. The van der Waals surface area contributed by atoms with Crippen molar-refractivity contribution in [3.05, 3.63) is 78.4 Å². The molecular formula is C24H25N3O6S. The number of ether oxygens (including phenoxy) is 1. The molecule has 3 rings (SSSR count). The first kappa shape index (κ1) is 24.9. The van der Waals surface area contributed by atoms with Crippen molar-refractivity contribution in [2.75, 3.05) is 13.1 Å². The Bertz CT molecular complexity index is 1280. The van der Waals surface area contributed by atoms with E-state index in [0.717, 1.165) is 10.8 Å². The van der Waals surface area contributed by atoms with E-state index in [1.807, 2.05) is 18.2 Å². The molecule has 3 aromatic carbocycles. The van der Waals surface area contributed by atoms with Gasteiger partial charge in [0.05, 0.1) is 11.3 Å². The maximum atomic E-state index is 12.6. The van der Waals surface area contributed by atoms with Crippen LogP contribution in [0.5, 0.6) is 0 Å². The molecule has 0 spiro atoms. The standard InChI is InChI=1S/C24H25N3O6S/c1-2-25-24(30)27-23(29)22(18-9-4-3-5-10-18)33-21(28)14-15-26-34(31,32)20-13-12-17-8-6-7-11-19(17)16-20/h3-13,16,22,26H,2,14-15H2,1H3,(H2,25,27,29,30). The molecule has 3 amide bonds. The molecule has 34 heavy (non-hydrogen) atoms. The van der Waals surface area contributed by atoms with Crippen molar-refractivity contribution in [2.45, 2.75) is 24.3 Å². The topological polar surface area (TPSA) is 131 Å². The lowest BCUT2D eigenvalue weighted by atomic mass is 10.1. The van der Waals surface area contributed by atoms with E-state index in [-0.39, 0.29) is 17.9 Å². The van der Waals surface area contributed by atoms with Crippen molar-refractivity contribution in [1.29, 1.82) is 0 Å². The van der Waals surface area contributed by atoms with Crippen LogP contribution < -0.4 is 15.4 Å². The van der Waals surface area contributed by atoms with Crippen LogP contribution in [0.25, 0.3) is 10.8 Å². The minimum absolute atomic E-state index is 0.0723. The van der Waals surface area contributed by atoms with Gasteiger partial charge in [0.2, 0.25) is 16.1 Å². The molecule has 3 aromatic rings. The lowest BCUT2D eigenvalue weighted by Gasteiger charge is -2.18. The van der Waals surface area contributed by atoms with Crippen LogP contribution in [-0.4, -0.2) is 39.4 Å². The average molecular weight is 484 g/mol. The van der Waals surface area contributed by atoms with Crippen molar-refractivity contribution in [3.8, 4) is 0 Å². The quantitative estimate of drug-likeness (QED) is 0.401. The van der Waals surface area contributed by atoms with Gasteiger partial charge in [0.15, 0.2) is 0 Å². The number of hydrogen-bond donors (Lipinski definition) is 3. The molecular weight excluding hydrogens is 458 g/mol. The molecule has 0 aliphatic rings. The Morgan fingerprint density at radius 1 is 0.912 bits per heavy atom. The molecule has 178 valence electrons. The molecule has 0 radical (unpaired) electrons. The number of amides is 3. The van der Waals surface area contributed by atoms with Crippen LogP contribution in [0.4, 0.5) is 4.79 Å². The molecule has 1 unspecified atom stereocenters. The minimum atomic E-state index is -3.86. The molecule has 0 aliphatic carbocycles. The Kier molecular flexibility index (Phi) is 8.34. The molecule has 3 N–H and O–H groups in total. The van der Waals surface area contributed by atoms with E-state index in [1.165, 1.54) is 6.07 Å². The largest absolute Gasteiger partial charge is 0.447 e. The number of sulfonamides is 1. The summed E-state index contributed by atoms with van der Waals surface area (Å²) in [6.07, 6.45) is -1.68. The van der Waals surface area contributed by atoms with E-state index in [2.05, 4.69) is 15.4 Å². The number of hydrogen-bond acceptors (Lipinski definition) is 6. The van der Waals surface area contributed by atoms with E-state index >= 15 is 0 Å².